The summed E-state index contributed by atoms with van der Waals surface area (Å²) in [6.07, 6.45) is 3.94. The van der Waals surface area contributed by atoms with Gasteiger partial charge >= 0.3 is 0 Å². The lowest BCUT2D eigenvalue weighted by Gasteiger charge is -2.32. The van der Waals surface area contributed by atoms with Gasteiger partial charge in [0.25, 0.3) is 0 Å². The minimum atomic E-state index is 0.667. The molecule has 3 atom stereocenters. The zero-order chi connectivity index (χ0) is 14.4. The first kappa shape index (κ1) is 15.2. The SMILES string of the molecule is COc1ccc(OCCNC2CCC(C)C(C)C2)cc1. The van der Waals surface area contributed by atoms with Crippen molar-refractivity contribution in [1.29, 1.82) is 0 Å². The zero-order valence-corrected chi connectivity index (χ0v) is 12.9. The molecule has 0 aromatic heterocycles. The molecule has 1 aromatic rings. The molecule has 1 saturated carbocycles. The summed E-state index contributed by atoms with van der Waals surface area (Å²) in [4.78, 5) is 0. The molecule has 1 N–H and O–H groups in total. The molecule has 2 rings (SSSR count). The van der Waals surface area contributed by atoms with Crippen LogP contribution >= 0.6 is 0 Å². The van der Waals surface area contributed by atoms with Crippen LogP contribution in [-0.2, 0) is 0 Å². The zero-order valence-electron chi connectivity index (χ0n) is 12.9. The first-order valence-electron chi connectivity index (χ1n) is 7.69. The highest BCUT2D eigenvalue weighted by atomic mass is 16.5. The van der Waals surface area contributed by atoms with Crippen molar-refractivity contribution >= 4 is 0 Å². The summed E-state index contributed by atoms with van der Waals surface area (Å²) in [7, 11) is 1.67. The van der Waals surface area contributed by atoms with Crippen LogP contribution in [-0.4, -0.2) is 26.3 Å². The Hall–Kier alpha value is -1.22. The normalized spacial score (nSPS) is 26.2. The van der Waals surface area contributed by atoms with Crippen molar-refractivity contribution in [3.8, 4) is 11.5 Å². The molecule has 3 unspecified atom stereocenters. The van der Waals surface area contributed by atoms with Crippen molar-refractivity contribution < 1.29 is 9.47 Å². The number of rotatable bonds is 6. The molecule has 0 saturated heterocycles. The number of ether oxygens (including phenoxy) is 2. The Morgan fingerprint density at radius 2 is 1.75 bits per heavy atom. The van der Waals surface area contributed by atoms with Crippen molar-refractivity contribution in [1.82, 2.24) is 5.32 Å². The molecule has 1 aliphatic carbocycles. The highest BCUT2D eigenvalue weighted by Gasteiger charge is 2.23. The van der Waals surface area contributed by atoms with Crippen LogP contribution in [0.25, 0.3) is 0 Å². The lowest BCUT2D eigenvalue weighted by Crippen LogP contribution is -2.38. The van der Waals surface area contributed by atoms with Crippen LogP contribution in [0.2, 0.25) is 0 Å². The van der Waals surface area contributed by atoms with Gasteiger partial charge in [-0.25, -0.2) is 0 Å². The third kappa shape index (κ3) is 4.41. The Labute approximate surface area is 122 Å². The van der Waals surface area contributed by atoms with Gasteiger partial charge in [-0.15, -0.1) is 0 Å². The average Bonchev–Trinajstić information content (AvgIpc) is 2.48. The standard InChI is InChI=1S/C17H27NO2/c1-13-4-5-15(12-14(13)2)18-10-11-20-17-8-6-16(19-3)7-9-17/h6-9,13-15,18H,4-5,10-12H2,1-3H3. The summed E-state index contributed by atoms with van der Waals surface area (Å²) in [6.45, 7) is 6.37. The van der Waals surface area contributed by atoms with E-state index in [1.54, 1.807) is 7.11 Å². The van der Waals surface area contributed by atoms with E-state index in [1.807, 2.05) is 24.3 Å². The fraction of sp³-hybridized carbons (Fsp3) is 0.647. The third-order valence-electron chi connectivity index (χ3n) is 4.46. The summed E-state index contributed by atoms with van der Waals surface area (Å²) in [5.74, 6) is 3.48. The quantitative estimate of drug-likeness (QED) is 0.807. The van der Waals surface area contributed by atoms with Crippen LogP contribution in [0, 0.1) is 11.8 Å². The van der Waals surface area contributed by atoms with E-state index < -0.39 is 0 Å². The summed E-state index contributed by atoms with van der Waals surface area (Å²) < 4.78 is 10.9. The molecule has 0 heterocycles. The molecule has 0 radical (unpaired) electrons. The molecule has 112 valence electrons. The van der Waals surface area contributed by atoms with Crippen molar-refractivity contribution in [3.05, 3.63) is 24.3 Å². The summed E-state index contributed by atoms with van der Waals surface area (Å²) in [5, 5.41) is 3.62. The van der Waals surface area contributed by atoms with E-state index in [0.717, 1.165) is 29.9 Å². The summed E-state index contributed by atoms with van der Waals surface area (Å²) >= 11 is 0. The molecule has 20 heavy (non-hydrogen) atoms. The second-order valence-electron chi connectivity index (χ2n) is 5.94. The van der Waals surface area contributed by atoms with Gasteiger partial charge in [0.2, 0.25) is 0 Å². The number of benzene rings is 1. The van der Waals surface area contributed by atoms with E-state index in [0.29, 0.717) is 12.6 Å². The van der Waals surface area contributed by atoms with Crippen LogP contribution in [0.5, 0.6) is 11.5 Å². The molecular weight excluding hydrogens is 250 g/mol. The summed E-state index contributed by atoms with van der Waals surface area (Å²) in [5.41, 5.74) is 0. The lowest BCUT2D eigenvalue weighted by molar-refractivity contribution is 0.216. The second-order valence-corrected chi connectivity index (χ2v) is 5.94. The van der Waals surface area contributed by atoms with Crippen molar-refractivity contribution in [2.75, 3.05) is 20.3 Å². The largest absolute Gasteiger partial charge is 0.497 e. The van der Waals surface area contributed by atoms with Crippen molar-refractivity contribution in [2.45, 2.75) is 39.2 Å². The topological polar surface area (TPSA) is 30.5 Å². The first-order chi connectivity index (χ1) is 9.69. The molecule has 1 aromatic carbocycles. The Morgan fingerprint density at radius 3 is 2.40 bits per heavy atom. The predicted molar refractivity (Wildman–Crippen MR) is 82.5 cm³/mol. The van der Waals surface area contributed by atoms with E-state index in [-0.39, 0.29) is 0 Å². The maximum Gasteiger partial charge on any atom is 0.119 e. The Kier molecular flexibility index (Phi) is 5.72. The molecule has 0 bridgehead atoms. The van der Waals surface area contributed by atoms with Crippen LogP contribution in [0.3, 0.4) is 0 Å². The number of methoxy groups -OCH3 is 1. The fourth-order valence-electron chi connectivity index (χ4n) is 2.84. The fourth-order valence-corrected chi connectivity index (χ4v) is 2.84. The molecule has 1 fully saturated rings. The van der Waals surface area contributed by atoms with Crippen molar-refractivity contribution in [3.63, 3.8) is 0 Å². The van der Waals surface area contributed by atoms with Gasteiger partial charge in [-0.1, -0.05) is 13.8 Å². The van der Waals surface area contributed by atoms with Crippen LogP contribution in [0.15, 0.2) is 24.3 Å². The minimum absolute atomic E-state index is 0.667. The molecule has 3 heteroatoms. The minimum Gasteiger partial charge on any atom is -0.497 e. The van der Waals surface area contributed by atoms with Gasteiger partial charge in [0, 0.05) is 12.6 Å². The van der Waals surface area contributed by atoms with Gasteiger partial charge < -0.3 is 14.8 Å². The summed E-state index contributed by atoms with van der Waals surface area (Å²) in [6, 6.07) is 8.41. The highest BCUT2D eigenvalue weighted by molar-refractivity contribution is 5.31. The van der Waals surface area contributed by atoms with Gasteiger partial charge in [-0.05, 0) is 55.4 Å². The van der Waals surface area contributed by atoms with Crippen molar-refractivity contribution in [2.24, 2.45) is 11.8 Å². The van der Waals surface area contributed by atoms with E-state index in [1.165, 1.54) is 19.3 Å². The third-order valence-corrected chi connectivity index (χ3v) is 4.46. The predicted octanol–water partition coefficient (Wildman–Crippen LogP) is 3.49. The smallest absolute Gasteiger partial charge is 0.119 e. The maximum absolute atomic E-state index is 5.73. The molecule has 1 aliphatic rings. The molecular formula is C17H27NO2. The molecule has 0 amide bonds. The molecule has 3 nitrogen and oxygen atoms in total. The second kappa shape index (κ2) is 7.53. The maximum atomic E-state index is 5.73. The van der Waals surface area contributed by atoms with E-state index in [4.69, 9.17) is 9.47 Å². The van der Waals surface area contributed by atoms with E-state index >= 15 is 0 Å². The molecule has 0 aliphatic heterocycles. The van der Waals surface area contributed by atoms with Gasteiger partial charge in [0.15, 0.2) is 0 Å². The number of nitrogens with one attached hydrogen (secondary N) is 1. The Morgan fingerprint density at radius 1 is 1.05 bits per heavy atom. The lowest BCUT2D eigenvalue weighted by atomic mass is 9.79. The molecule has 0 spiro atoms. The van der Waals surface area contributed by atoms with Crippen LogP contribution < -0.4 is 14.8 Å². The van der Waals surface area contributed by atoms with Gasteiger partial charge in [-0.3, -0.25) is 0 Å². The van der Waals surface area contributed by atoms with E-state index in [9.17, 15) is 0 Å². The van der Waals surface area contributed by atoms with E-state index in [2.05, 4.69) is 19.2 Å². The Bertz CT molecular complexity index is 390. The number of hydrogen-bond donors (Lipinski definition) is 1. The monoisotopic (exact) mass is 277 g/mol. The van der Waals surface area contributed by atoms with Crippen LogP contribution in [0.4, 0.5) is 0 Å². The van der Waals surface area contributed by atoms with Crippen LogP contribution in [0.1, 0.15) is 33.1 Å². The van der Waals surface area contributed by atoms with Gasteiger partial charge in [0.05, 0.1) is 7.11 Å². The Balaban J connectivity index is 1.63. The first-order valence-corrected chi connectivity index (χ1v) is 7.69. The highest BCUT2D eigenvalue weighted by Crippen LogP contribution is 2.29. The van der Waals surface area contributed by atoms with Gasteiger partial charge in [-0.2, -0.15) is 0 Å². The van der Waals surface area contributed by atoms with Gasteiger partial charge in [0.1, 0.15) is 18.1 Å². The average molecular weight is 277 g/mol. The number of hydrogen-bond acceptors (Lipinski definition) is 3.